The molecule has 0 amide bonds. The highest BCUT2D eigenvalue weighted by atomic mass is 32.2. The molecule has 0 aromatic rings. The first-order valence-electron chi connectivity index (χ1n) is 4.90. The van der Waals surface area contributed by atoms with Gasteiger partial charge in [0.2, 0.25) is 0 Å². The van der Waals surface area contributed by atoms with E-state index in [0.717, 1.165) is 0 Å². The summed E-state index contributed by atoms with van der Waals surface area (Å²) in [5.41, 5.74) is 0. The summed E-state index contributed by atoms with van der Waals surface area (Å²) < 4.78 is 43.9. The van der Waals surface area contributed by atoms with Gasteiger partial charge in [-0.2, -0.15) is 0 Å². The molecule has 1 heterocycles. The van der Waals surface area contributed by atoms with Crippen molar-refractivity contribution in [3.05, 3.63) is 0 Å². The third kappa shape index (κ3) is 5.48. The summed E-state index contributed by atoms with van der Waals surface area (Å²) >= 11 is 0. The molecule has 1 fully saturated rings. The monoisotopic (exact) mass is 255 g/mol. The Bertz CT molecular complexity index is 384. The van der Waals surface area contributed by atoms with Crippen molar-refractivity contribution in [2.24, 2.45) is 0 Å². The minimum atomic E-state index is -2.93. The first kappa shape index (κ1) is 12.9. The summed E-state index contributed by atoms with van der Waals surface area (Å²) in [7, 11) is -5.76. The maximum absolute atomic E-state index is 11.1. The quantitative estimate of drug-likeness (QED) is 0.711. The maximum atomic E-state index is 11.1. The first-order valence-corrected chi connectivity index (χ1v) is 8.78. The zero-order valence-corrected chi connectivity index (χ0v) is 10.4. The molecule has 0 aliphatic carbocycles. The molecule has 1 rings (SSSR count). The molecule has 0 aromatic heterocycles. The van der Waals surface area contributed by atoms with E-state index in [1.165, 1.54) is 6.26 Å². The van der Waals surface area contributed by atoms with Gasteiger partial charge in [0.05, 0.1) is 17.3 Å². The van der Waals surface area contributed by atoms with Gasteiger partial charge in [-0.1, -0.05) is 0 Å². The zero-order valence-electron chi connectivity index (χ0n) is 8.77. The molecular weight excluding hydrogens is 238 g/mol. The SMILES string of the molecule is CS(=O)(=O)CCNC1CCS(=O)(=O)CC1. The van der Waals surface area contributed by atoms with Gasteiger partial charge in [-0.15, -0.1) is 0 Å². The van der Waals surface area contributed by atoms with Crippen molar-refractivity contribution in [3.8, 4) is 0 Å². The van der Waals surface area contributed by atoms with E-state index in [9.17, 15) is 16.8 Å². The number of hydrogen-bond donors (Lipinski definition) is 1. The normalized spacial score (nSPS) is 22.7. The van der Waals surface area contributed by atoms with Crippen LogP contribution in [0.25, 0.3) is 0 Å². The van der Waals surface area contributed by atoms with E-state index in [-0.39, 0.29) is 23.3 Å². The van der Waals surface area contributed by atoms with Gasteiger partial charge in [0.25, 0.3) is 0 Å². The number of rotatable bonds is 4. The Hall–Kier alpha value is -0.140. The number of nitrogens with one attached hydrogen (secondary N) is 1. The second kappa shape index (κ2) is 4.80. The van der Waals surface area contributed by atoms with Crippen molar-refractivity contribution in [1.82, 2.24) is 5.32 Å². The van der Waals surface area contributed by atoms with E-state index in [2.05, 4.69) is 5.32 Å². The van der Waals surface area contributed by atoms with Crippen LogP contribution in [0.15, 0.2) is 0 Å². The highest BCUT2D eigenvalue weighted by Gasteiger charge is 2.22. The van der Waals surface area contributed by atoms with E-state index in [1.54, 1.807) is 0 Å². The average molecular weight is 255 g/mol. The molecule has 90 valence electrons. The smallest absolute Gasteiger partial charge is 0.150 e. The van der Waals surface area contributed by atoms with Gasteiger partial charge in [0.1, 0.15) is 19.7 Å². The molecule has 0 radical (unpaired) electrons. The largest absolute Gasteiger partial charge is 0.313 e. The Labute approximate surface area is 91.1 Å². The molecule has 0 atom stereocenters. The molecule has 7 heteroatoms. The van der Waals surface area contributed by atoms with Crippen molar-refractivity contribution in [2.45, 2.75) is 18.9 Å². The van der Waals surface area contributed by atoms with E-state index in [1.807, 2.05) is 0 Å². The standard InChI is InChI=1S/C8H17NO4S2/c1-14(10,11)7-4-9-8-2-5-15(12,13)6-3-8/h8-9H,2-7H2,1H3. The Kier molecular flexibility index (Phi) is 4.13. The molecule has 15 heavy (non-hydrogen) atoms. The molecule has 0 spiro atoms. The Morgan fingerprint density at radius 3 is 2.27 bits per heavy atom. The number of hydrogen-bond acceptors (Lipinski definition) is 5. The minimum absolute atomic E-state index is 0.107. The van der Waals surface area contributed by atoms with Crippen LogP contribution in [0.4, 0.5) is 0 Å². The first-order chi connectivity index (χ1) is 6.79. The van der Waals surface area contributed by atoms with Gasteiger partial charge < -0.3 is 5.32 Å². The van der Waals surface area contributed by atoms with Crippen molar-refractivity contribution in [2.75, 3.05) is 30.1 Å². The third-order valence-electron chi connectivity index (χ3n) is 2.46. The highest BCUT2D eigenvalue weighted by Crippen LogP contribution is 2.11. The molecule has 0 saturated carbocycles. The minimum Gasteiger partial charge on any atom is -0.313 e. The van der Waals surface area contributed by atoms with Crippen molar-refractivity contribution in [1.29, 1.82) is 0 Å². The van der Waals surface area contributed by atoms with E-state index < -0.39 is 19.7 Å². The summed E-state index contributed by atoms with van der Waals surface area (Å²) in [6.45, 7) is 0.406. The van der Waals surface area contributed by atoms with Crippen LogP contribution in [0.1, 0.15) is 12.8 Å². The van der Waals surface area contributed by atoms with Crippen LogP contribution in [0, 0.1) is 0 Å². The molecule has 1 aliphatic rings. The fourth-order valence-electron chi connectivity index (χ4n) is 1.54. The van der Waals surface area contributed by atoms with Gasteiger partial charge >= 0.3 is 0 Å². The van der Waals surface area contributed by atoms with Crippen LogP contribution in [0.5, 0.6) is 0 Å². The molecular formula is C8H17NO4S2. The third-order valence-corrected chi connectivity index (χ3v) is 5.12. The molecule has 1 N–H and O–H groups in total. The predicted molar refractivity (Wildman–Crippen MR) is 59.4 cm³/mol. The lowest BCUT2D eigenvalue weighted by Gasteiger charge is -2.22. The van der Waals surface area contributed by atoms with E-state index in [4.69, 9.17) is 0 Å². The second-order valence-electron chi connectivity index (χ2n) is 4.01. The summed E-state index contributed by atoms with van der Waals surface area (Å²) in [5, 5.41) is 3.07. The van der Waals surface area contributed by atoms with Crippen LogP contribution < -0.4 is 5.32 Å². The van der Waals surface area contributed by atoms with E-state index >= 15 is 0 Å². The van der Waals surface area contributed by atoms with Crippen molar-refractivity contribution < 1.29 is 16.8 Å². The van der Waals surface area contributed by atoms with Crippen LogP contribution in [0.2, 0.25) is 0 Å². The zero-order chi connectivity index (χ0) is 11.5. The summed E-state index contributed by atoms with van der Waals surface area (Å²) in [6, 6.07) is 0.148. The fraction of sp³-hybridized carbons (Fsp3) is 1.00. The van der Waals surface area contributed by atoms with Crippen LogP contribution in [-0.4, -0.2) is 52.9 Å². The van der Waals surface area contributed by atoms with Gasteiger partial charge in [0.15, 0.2) is 0 Å². The van der Waals surface area contributed by atoms with Crippen molar-refractivity contribution in [3.63, 3.8) is 0 Å². The fourth-order valence-corrected chi connectivity index (χ4v) is 3.52. The van der Waals surface area contributed by atoms with Gasteiger partial charge in [-0.05, 0) is 12.8 Å². The van der Waals surface area contributed by atoms with Crippen LogP contribution >= 0.6 is 0 Å². The number of sulfone groups is 2. The van der Waals surface area contributed by atoms with Gasteiger partial charge in [-0.25, -0.2) is 16.8 Å². The van der Waals surface area contributed by atoms with Crippen LogP contribution in [0.3, 0.4) is 0 Å². The summed E-state index contributed by atoms with van der Waals surface area (Å²) in [6.07, 6.45) is 2.37. The average Bonchev–Trinajstić information content (AvgIpc) is 2.06. The topological polar surface area (TPSA) is 80.3 Å². The Balaban J connectivity index is 2.25. The Morgan fingerprint density at radius 1 is 1.27 bits per heavy atom. The molecule has 0 bridgehead atoms. The highest BCUT2D eigenvalue weighted by molar-refractivity contribution is 7.91. The van der Waals surface area contributed by atoms with Gasteiger partial charge in [-0.3, -0.25) is 0 Å². The molecule has 5 nitrogen and oxygen atoms in total. The molecule has 1 saturated heterocycles. The van der Waals surface area contributed by atoms with Crippen LogP contribution in [-0.2, 0) is 19.7 Å². The lowest BCUT2D eigenvalue weighted by atomic mass is 10.1. The van der Waals surface area contributed by atoms with Crippen molar-refractivity contribution >= 4 is 19.7 Å². The lowest BCUT2D eigenvalue weighted by molar-refractivity contribution is 0.474. The lowest BCUT2D eigenvalue weighted by Crippen LogP contribution is -2.39. The molecule has 1 aliphatic heterocycles. The predicted octanol–water partition coefficient (Wildman–Crippen LogP) is -0.802. The summed E-state index contributed by atoms with van der Waals surface area (Å²) in [4.78, 5) is 0. The van der Waals surface area contributed by atoms with E-state index in [0.29, 0.717) is 19.4 Å². The Morgan fingerprint density at radius 2 is 1.80 bits per heavy atom. The maximum Gasteiger partial charge on any atom is 0.150 e. The summed E-state index contributed by atoms with van der Waals surface area (Å²) in [5.74, 6) is 0.531. The second-order valence-corrected chi connectivity index (χ2v) is 8.57. The van der Waals surface area contributed by atoms with Gasteiger partial charge in [0, 0.05) is 18.8 Å². The molecule has 0 unspecified atom stereocenters. The molecule has 0 aromatic carbocycles.